The van der Waals surface area contributed by atoms with E-state index < -0.39 is 28.9 Å². The van der Waals surface area contributed by atoms with E-state index in [1.165, 1.54) is 11.8 Å². The molecule has 1 aromatic rings. The number of carbonyl (C=O) groups is 3. The van der Waals surface area contributed by atoms with Gasteiger partial charge in [0.2, 0.25) is 6.10 Å². The number of hydrogen-bond acceptors (Lipinski definition) is 7. The van der Waals surface area contributed by atoms with Crippen LogP contribution < -0.4 is 0 Å². The van der Waals surface area contributed by atoms with Crippen LogP contribution in [0.1, 0.15) is 32.4 Å². The Hall–Kier alpha value is -2.02. The van der Waals surface area contributed by atoms with Crippen LogP contribution in [0.15, 0.2) is 30.3 Å². The molecule has 7 heteroatoms. The molecule has 2 atom stereocenters. The number of benzene rings is 1. The Morgan fingerprint density at radius 3 is 2.50 bits per heavy atom. The fourth-order valence-electron chi connectivity index (χ4n) is 1.85. The summed E-state index contributed by atoms with van der Waals surface area (Å²) in [6, 6.07) is 8.66. The van der Waals surface area contributed by atoms with Gasteiger partial charge < -0.3 is 14.2 Å². The molecule has 6 nitrogen and oxygen atoms in total. The zero-order valence-electron chi connectivity index (χ0n) is 13.8. The lowest BCUT2D eigenvalue weighted by atomic mass is 9.97. The maximum atomic E-state index is 12.4. The lowest BCUT2D eigenvalue weighted by Crippen LogP contribution is -2.30. The van der Waals surface area contributed by atoms with Crippen LogP contribution in [-0.2, 0) is 28.6 Å². The average Bonchev–Trinajstić information content (AvgIpc) is 2.95. The van der Waals surface area contributed by atoms with E-state index in [2.05, 4.69) is 0 Å². The molecule has 0 saturated carbocycles. The maximum absolute atomic E-state index is 12.4. The second kappa shape index (κ2) is 7.70. The van der Waals surface area contributed by atoms with Crippen molar-refractivity contribution in [1.29, 1.82) is 0 Å². The van der Waals surface area contributed by atoms with Crippen molar-refractivity contribution >= 4 is 29.7 Å². The van der Waals surface area contributed by atoms with Crippen LogP contribution in [0.3, 0.4) is 0 Å². The molecule has 2 unspecified atom stereocenters. The summed E-state index contributed by atoms with van der Waals surface area (Å²) in [5.41, 5.74) is -0.739. The van der Waals surface area contributed by atoms with Crippen LogP contribution in [0.5, 0.6) is 0 Å². The molecule has 1 aliphatic rings. The van der Waals surface area contributed by atoms with Crippen molar-refractivity contribution < 1.29 is 28.6 Å². The van der Waals surface area contributed by atoms with Gasteiger partial charge in [-0.25, -0.2) is 4.79 Å². The molecule has 130 valence electrons. The molecule has 0 bridgehead atoms. The van der Waals surface area contributed by atoms with Gasteiger partial charge in [0.1, 0.15) is 6.61 Å². The predicted octanol–water partition coefficient (Wildman–Crippen LogP) is 2.48. The average molecular weight is 352 g/mol. The molecule has 24 heavy (non-hydrogen) atoms. The topological polar surface area (TPSA) is 78.9 Å². The molecule has 1 aliphatic heterocycles. The molecule has 0 aromatic heterocycles. The Balaban J connectivity index is 2.05. The molecule has 1 heterocycles. The Morgan fingerprint density at radius 1 is 1.29 bits per heavy atom. The highest BCUT2D eigenvalue weighted by molar-refractivity contribution is 8.00. The smallest absolute Gasteiger partial charge is 0.352 e. The Bertz CT molecular complexity index is 607. The van der Waals surface area contributed by atoms with Gasteiger partial charge in [-0.2, -0.15) is 0 Å². The SMILES string of the molecule is CC(C)(C)C(=O)OC(C(=O)OCC1OC(=O)CS1)c1ccccc1. The number of thioether (sulfide) groups is 1. The molecular formula is C17H20O6S. The normalized spacial score (nSPS) is 18.6. The van der Waals surface area contributed by atoms with Gasteiger partial charge in [-0.1, -0.05) is 30.3 Å². The number of cyclic esters (lactones) is 1. The summed E-state index contributed by atoms with van der Waals surface area (Å²) in [6.45, 7) is 5.04. The van der Waals surface area contributed by atoms with Crippen LogP contribution in [-0.4, -0.2) is 35.7 Å². The number of esters is 3. The fourth-order valence-corrected chi connectivity index (χ4v) is 2.58. The van der Waals surface area contributed by atoms with Crippen LogP contribution in [0, 0.1) is 5.41 Å². The van der Waals surface area contributed by atoms with Crippen LogP contribution in [0.4, 0.5) is 0 Å². The summed E-state index contributed by atoms with van der Waals surface area (Å²) in [5.74, 6) is -1.29. The molecule has 1 fully saturated rings. The van der Waals surface area contributed by atoms with E-state index >= 15 is 0 Å². The molecule has 0 aliphatic carbocycles. The molecular weight excluding hydrogens is 332 g/mol. The van der Waals surface area contributed by atoms with E-state index in [4.69, 9.17) is 14.2 Å². The first-order chi connectivity index (χ1) is 11.3. The van der Waals surface area contributed by atoms with Gasteiger partial charge >= 0.3 is 17.9 Å². The van der Waals surface area contributed by atoms with Crippen molar-refractivity contribution in [2.45, 2.75) is 32.3 Å². The number of carbonyl (C=O) groups excluding carboxylic acids is 3. The van der Waals surface area contributed by atoms with Gasteiger partial charge in [0.15, 0.2) is 5.44 Å². The molecule has 0 amide bonds. The van der Waals surface area contributed by atoms with Crippen molar-refractivity contribution in [1.82, 2.24) is 0 Å². The standard InChI is InChI=1S/C17H20O6S/c1-17(2,3)16(20)23-14(11-7-5-4-6-8-11)15(19)21-9-13-22-12(18)10-24-13/h4-8,13-14H,9-10H2,1-3H3. The summed E-state index contributed by atoms with van der Waals surface area (Å²) in [6.07, 6.45) is -1.15. The van der Waals surface area contributed by atoms with Gasteiger partial charge in [0.05, 0.1) is 11.2 Å². The van der Waals surface area contributed by atoms with Crippen LogP contribution >= 0.6 is 11.8 Å². The zero-order valence-corrected chi connectivity index (χ0v) is 14.6. The number of rotatable bonds is 5. The third kappa shape index (κ3) is 4.99. The van der Waals surface area contributed by atoms with Crippen LogP contribution in [0.2, 0.25) is 0 Å². The first kappa shape index (κ1) is 18.3. The maximum Gasteiger partial charge on any atom is 0.352 e. The van der Waals surface area contributed by atoms with E-state index in [1.54, 1.807) is 51.1 Å². The first-order valence-electron chi connectivity index (χ1n) is 7.51. The lowest BCUT2D eigenvalue weighted by molar-refractivity contribution is -0.175. The molecule has 0 N–H and O–H groups in total. The minimum absolute atomic E-state index is 0.0777. The second-order valence-corrected chi connectivity index (χ2v) is 7.45. The predicted molar refractivity (Wildman–Crippen MR) is 88.0 cm³/mol. The number of ether oxygens (including phenoxy) is 3. The van der Waals surface area contributed by atoms with Crippen molar-refractivity contribution in [3.05, 3.63) is 35.9 Å². The third-order valence-corrected chi connectivity index (χ3v) is 4.17. The van der Waals surface area contributed by atoms with Crippen molar-refractivity contribution in [3.63, 3.8) is 0 Å². The Labute approximate surface area is 144 Å². The largest absolute Gasteiger partial charge is 0.458 e. The molecule has 1 saturated heterocycles. The minimum atomic E-state index is -1.15. The second-order valence-electron chi connectivity index (χ2n) is 6.31. The van der Waals surface area contributed by atoms with E-state index in [9.17, 15) is 14.4 Å². The molecule has 0 spiro atoms. The number of hydrogen-bond donors (Lipinski definition) is 0. The molecule has 1 aromatic carbocycles. The van der Waals surface area contributed by atoms with E-state index in [1.807, 2.05) is 0 Å². The van der Waals surface area contributed by atoms with E-state index in [0.717, 1.165) is 0 Å². The summed E-state index contributed by atoms with van der Waals surface area (Å²) < 4.78 is 15.5. The van der Waals surface area contributed by atoms with E-state index in [-0.39, 0.29) is 18.3 Å². The lowest BCUT2D eigenvalue weighted by Gasteiger charge is -2.23. The third-order valence-electron chi connectivity index (χ3n) is 3.17. The van der Waals surface area contributed by atoms with Crippen molar-refractivity contribution in [2.24, 2.45) is 5.41 Å². The highest BCUT2D eigenvalue weighted by Gasteiger charge is 2.33. The van der Waals surface area contributed by atoms with Crippen molar-refractivity contribution in [3.8, 4) is 0 Å². The Morgan fingerprint density at radius 2 is 1.96 bits per heavy atom. The van der Waals surface area contributed by atoms with Crippen molar-refractivity contribution in [2.75, 3.05) is 12.4 Å². The highest BCUT2D eigenvalue weighted by atomic mass is 32.2. The summed E-state index contributed by atoms with van der Waals surface area (Å²) in [7, 11) is 0. The fraction of sp³-hybridized carbons (Fsp3) is 0.471. The molecule has 2 rings (SSSR count). The summed E-state index contributed by atoms with van der Waals surface area (Å²) in [4.78, 5) is 35.6. The Kier molecular flexibility index (Phi) is 5.88. The summed E-state index contributed by atoms with van der Waals surface area (Å²) in [5, 5.41) is 0. The summed E-state index contributed by atoms with van der Waals surface area (Å²) >= 11 is 1.26. The monoisotopic (exact) mass is 352 g/mol. The minimum Gasteiger partial charge on any atom is -0.458 e. The van der Waals surface area contributed by atoms with Gasteiger partial charge in [0, 0.05) is 5.56 Å². The van der Waals surface area contributed by atoms with Gasteiger partial charge in [-0.05, 0) is 20.8 Å². The first-order valence-corrected chi connectivity index (χ1v) is 8.56. The molecule has 0 radical (unpaired) electrons. The zero-order chi connectivity index (χ0) is 17.7. The van der Waals surface area contributed by atoms with E-state index in [0.29, 0.717) is 5.56 Å². The van der Waals surface area contributed by atoms with Gasteiger partial charge in [-0.15, -0.1) is 11.8 Å². The highest BCUT2D eigenvalue weighted by Crippen LogP contribution is 2.26. The quantitative estimate of drug-likeness (QED) is 0.595. The van der Waals surface area contributed by atoms with Gasteiger partial charge in [-0.3, -0.25) is 9.59 Å². The van der Waals surface area contributed by atoms with Gasteiger partial charge in [0.25, 0.3) is 0 Å². The van der Waals surface area contributed by atoms with Crippen LogP contribution in [0.25, 0.3) is 0 Å².